The maximum atomic E-state index is 13.2. The summed E-state index contributed by atoms with van der Waals surface area (Å²) in [6.45, 7) is 3.20. The quantitative estimate of drug-likeness (QED) is 0.424. The number of fused-ring (bicyclic) bond motifs is 1. The molecule has 5 rings (SSSR count). The van der Waals surface area contributed by atoms with Crippen LogP contribution in [0.1, 0.15) is 12.5 Å². The van der Waals surface area contributed by atoms with Gasteiger partial charge in [0.15, 0.2) is 17.0 Å². The fraction of sp³-hybridized carbons (Fsp3) is 0.130. The van der Waals surface area contributed by atoms with E-state index >= 15 is 0 Å². The van der Waals surface area contributed by atoms with Crippen molar-refractivity contribution in [3.05, 3.63) is 78.4 Å². The molecule has 0 fully saturated rings. The maximum Gasteiger partial charge on any atom is 0.233 e. The summed E-state index contributed by atoms with van der Waals surface area (Å²) in [5, 5.41) is 7.68. The molecule has 3 N–H and O–H groups in total. The Balaban J connectivity index is 1.50. The van der Waals surface area contributed by atoms with E-state index in [9.17, 15) is 4.39 Å². The van der Waals surface area contributed by atoms with Crippen molar-refractivity contribution in [1.82, 2.24) is 29.3 Å². The first-order valence-electron chi connectivity index (χ1n) is 10.2. The highest BCUT2D eigenvalue weighted by Crippen LogP contribution is 2.25. The Hall–Kier alpha value is -4.27. The molecule has 3 aromatic heterocycles. The van der Waals surface area contributed by atoms with Crippen molar-refractivity contribution in [3.63, 3.8) is 0 Å². The molecule has 0 saturated carbocycles. The first-order valence-corrected chi connectivity index (χ1v) is 10.2. The second-order valence-electron chi connectivity index (χ2n) is 7.28. The third kappa shape index (κ3) is 3.64. The summed E-state index contributed by atoms with van der Waals surface area (Å²) in [4.78, 5) is 13.7. The molecule has 0 aliphatic rings. The minimum absolute atomic E-state index is 0.278. The average Bonchev–Trinajstić information content (AvgIpc) is 3.44. The predicted molar refractivity (Wildman–Crippen MR) is 122 cm³/mol. The van der Waals surface area contributed by atoms with E-state index in [4.69, 9.17) is 5.73 Å². The smallest absolute Gasteiger partial charge is 0.233 e. The van der Waals surface area contributed by atoms with Crippen LogP contribution in [0.25, 0.3) is 28.2 Å². The van der Waals surface area contributed by atoms with E-state index in [-0.39, 0.29) is 5.82 Å². The second-order valence-corrected chi connectivity index (χ2v) is 7.28. The third-order valence-electron chi connectivity index (χ3n) is 5.18. The summed E-state index contributed by atoms with van der Waals surface area (Å²) in [7, 11) is 0. The summed E-state index contributed by atoms with van der Waals surface area (Å²) in [5.74, 6) is 1.04. The summed E-state index contributed by atoms with van der Waals surface area (Å²) in [6, 6.07) is 16.3. The Morgan fingerprint density at radius 1 is 0.969 bits per heavy atom. The van der Waals surface area contributed by atoms with Gasteiger partial charge in [-0.1, -0.05) is 42.5 Å². The van der Waals surface area contributed by atoms with Crippen LogP contribution in [0.4, 0.5) is 16.2 Å². The van der Waals surface area contributed by atoms with Crippen molar-refractivity contribution in [1.29, 1.82) is 0 Å². The SMILES string of the molecule is CCn1c(-n2cc(-c3ccc(F)cc3)cn2)nc2c(N)nc(NCc3ccccc3)nc21. The van der Waals surface area contributed by atoms with E-state index in [0.717, 1.165) is 16.7 Å². The number of nitrogens with zero attached hydrogens (tertiary/aromatic N) is 6. The van der Waals surface area contributed by atoms with Gasteiger partial charge in [0.1, 0.15) is 5.82 Å². The number of halogens is 1. The molecule has 2 aromatic carbocycles. The summed E-state index contributed by atoms with van der Waals surface area (Å²) in [5.41, 5.74) is 10.2. The van der Waals surface area contributed by atoms with Crippen LogP contribution in [-0.4, -0.2) is 29.3 Å². The molecule has 3 heterocycles. The molecule has 0 radical (unpaired) electrons. The van der Waals surface area contributed by atoms with Gasteiger partial charge in [0, 0.05) is 24.8 Å². The molecule has 32 heavy (non-hydrogen) atoms. The Labute approximate surface area is 183 Å². The number of imidazole rings is 1. The number of aryl methyl sites for hydroxylation is 1. The van der Waals surface area contributed by atoms with Gasteiger partial charge in [-0.25, -0.2) is 14.1 Å². The standard InChI is InChI=1S/C23H21FN8/c1-2-31-21-19(20(25)29-22(30-21)26-12-15-6-4-3-5-7-15)28-23(31)32-14-17(13-27-32)16-8-10-18(24)11-9-16/h3-11,13-14H,2,12H2,1H3,(H3,25,26,29,30). The van der Waals surface area contributed by atoms with E-state index in [1.54, 1.807) is 23.0 Å². The Morgan fingerprint density at radius 3 is 2.50 bits per heavy atom. The number of rotatable bonds is 6. The van der Waals surface area contributed by atoms with Gasteiger partial charge in [-0.3, -0.25) is 4.57 Å². The fourth-order valence-corrected chi connectivity index (χ4v) is 3.56. The Bertz CT molecular complexity index is 1370. The molecule has 0 saturated heterocycles. The fourth-order valence-electron chi connectivity index (χ4n) is 3.56. The molecule has 0 unspecified atom stereocenters. The normalized spacial score (nSPS) is 11.2. The number of nitrogens with two attached hydrogens (primary N) is 1. The summed E-state index contributed by atoms with van der Waals surface area (Å²) >= 11 is 0. The zero-order chi connectivity index (χ0) is 22.1. The van der Waals surface area contributed by atoms with E-state index in [1.165, 1.54) is 12.1 Å². The zero-order valence-corrected chi connectivity index (χ0v) is 17.4. The van der Waals surface area contributed by atoms with Gasteiger partial charge >= 0.3 is 0 Å². The first kappa shape index (κ1) is 19.7. The number of nitrogen functional groups attached to an aromatic ring is 1. The lowest BCUT2D eigenvalue weighted by Crippen LogP contribution is -2.08. The monoisotopic (exact) mass is 428 g/mol. The second kappa shape index (κ2) is 8.10. The van der Waals surface area contributed by atoms with Gasteiger partial charge in [-0.2, -0.15) is 15.1 Å². The first-order chi connectivity index (χ1) is 15.6. The minimum Gasteiger partial charge on any atom is -0.382 e. The molecule has 9 heteroatoms. The highest BCUT2D eigenvalue weighted by atomic mass is 19.1. The van der Waals surface area contributed by atoms with Gasteiger partial charge in [0.05, 0.1) is 6.20 Å². The van der Waals surface area contributed by atoms with Crippen molar-refractivity contribution in [2.24, 2.45) is 0 Å². The van der Waals surface area contributed by atoms with Gasteiger partial charge in [-0.05, 0) is 30.2 Å². The Morgan fingerprint density at radius 2 is 1.75 bits per heavy atom. The molecular weight excluding hydrogens is 407 g/mol. The maximum absolute atomic E-state index is 13.2. The average molecular weight is 428 g/mol. The van der Waals surface area contributed by atoms with Crippen LogP contribution >= 0.6 is 0 Å². The molecule has 0 aliphatic carbocycles. The molecule has 0 atom stereocenters. The van der Waals surface area contributed by atoms with Crippen molar-refractivity contribution < 1.29 is 4.39 Å². The van der Waals surface area contributed by atoms with Crippen LogP contribution < -0.4 is 11.1 Å². The van der Waals surface area contributed by atoms with Gasteiger partial charge < -0.3 is 11.1 Å². The minimum atomic E-state index is -0.278. The molecule has 0 aliphatic heterocycles. The lowest BCUT2D eigenvalue weighted by molar-refractivity contribution is 0.628. The highest BCUT2D eigenvalue weighted by Gasteiger charge is 2.18. The van der Waals surface area contributed by atoms with E-state index < -0.39 is 0 Å². The molecular formula is C23H21FN8. The summed E-state index contributed by atoms with van der Waals surface area (Å²) in [6.07, 6.45) is 3.56. The van der Waals surface area contributed by atoms with E-state index in [2.05, 4.69) is 25.4 Å². The molecule has 0 spiro atoms. The van der Waals surface area contributed by atoms with Crippen LogP contribution in [0.15, 0.2) is 67.0 Å². The number of hydrogen-bond acceptors (Lipinski definition) is 6. The summed E-state index contributed by atoms with van der Waals surface area (Å²) < 4.78 is 16.8. The topological polar surface area (TPSA) is 99.5 Å². The van der Waals surface area contributed by atoms with Crippen LogP contribution in [0.2, 0.25) is 0 Å². The van der Waals surface area contributed by atoms with E-state index in [0.29, 0.717) is 42.0 Å². The number of benzene rings is 2. The van der Waals surface area contributed by atoms with E-state index in [1.807, 2.05) is 48.0 Å². The van der Waals surface area contributed by atoms with Gasteiger partial charge in [0.2, 0.25) is 11.9 Å². The molecule has 8 nitrogen and oxygen atoms in total. The molecule has 0 amide bonds. The van der Waals surface area contributed by atoms with Crippen LogP contribution in [-0.2, 0) is 13.1 Å². The number of hydrogen-bond donors (Lipinski definition) is 2. The number of anilines is 2. The molecule has 5 aromatic rings. The van der Waals surface area contributed by atoms with Gasteiger partial charge in [-0.15, -0.1) is 0 Å². The number of nitrogens with one attached hydrogen (secondary N) is 1. The van der Waals surface area contributed by atoms with Crippen molar-refractivity contribution >= 4 is 22.9 Å². The van der Waals surface area contributed by atoms with Gasteiger partial charge in [0.25, 0.3) is 0 Å². The molecule has 0 bridgehead atoms. The largest absolute Gasteiger partial charge is 0.382 e. The Kier molecular flexibility index (Phi) is 4.98. The van der Waals surface area contributed by atoms with Crippen LogP contribution in [0.5, 0.6) is 0 Å². The lowest BCUT2D eigenvalue weighted by atomic mass is 10.1. The lowest BCUT2D eigenvalue weighted by Gasteiger charge is -2.08. The third-order valence-corrected chi connectivity index (χ3v) is 5.18. The van der Waals surface area contributed by atoms with Crippen molar-refractivity contribution in [2.75, 3.05) is 11.1 Å². The predicted octanol–water partition coefficient (Wildman–Crippen LogP) is 4.03. The number of aromatic nitrogens is 6. The van der Waals surface area contributed by atoms with Crippen molar-refractivity contribution in [3.8, 4) is 17.1 Å². The zero-order valence-electron chi connectivity index (χ0n) is 17.4. The van der Waals surface area contributed by atoms with Crippen LogP contribution in [0.3, 0.4) is 0 Å². The van der Waals surface area contributed by atoms with Crippen molar-refractivity contribution in [2.45, 2.75) is 20.0 Å². The molecule has 160 valence electrons. The van der Waals surface area contributed by atoms with Crippen LogP contribution in [0, 0.1) is 5.82 Å². The highest BCUT2D eigenvalue weighted by molar-refractivity contribution is 5.84.